The number of fused-ring (bicyclic) bond motifs is 2. The Bertz CT molecular complexity index is 196. The highest BCUT2D eigenvalue weighted by Gasteiger charge is 2.59. The molecule has 70 valence electrons. The Hall–Kier alpha value is 0. The van der Waals surface area contributed by atoms with Gasteiger partial charge < -0.3 is 0 Å². The minimum absolute atomic E-state index is 0.662. The van der Waals surface area contributed by atoms with Gasteiger partial charge in [-0.1, -0.05) is 34.1 Å². The van der Waals surface area contributed by atoms with Crippen LogP contribution in [0.1, 0.15) is 53.4 Å². The van der Waals surface area contributed by atoms with E-state index in [1.165, 1.54) is 25.7 Å². The zero-order valence-electron chi connectivity index (χ0n) is 8.98. The lowest BCUT2D eigenvalue weighted by Gasteiger charge is -2.43. The van der Waals surface area contributed by atoms with Crippen LogP contribution in [0, 0.1) is 22.7 Å². The third-order valence-corrected chi connectivity index (χ3v) is 5.62. The van der Waals surface area contributed by atoms with Gasteiger partial charge in [-0.05, 0) is 41.9 Å². The van der Waals surface area contributed by atoms with Crippen LogP contribution < -0.4 is 0 Å². The maximum atomic E-state index is 2.54. The summed E-state index contributed by atoms with van der Waals surface area (Å²) in [5, 5.41) is 0. The smallest absolute Gasteiger partial charge is 0.0244 e. The predicted molar refractivity (Wildman–Crippen MR) is 53.0 cm³/mol. The summed E-state index contributed by atoms with van der Waals surface area (Å²) < 4.78 is 0. The Morgan fingerprint density at radius 2 is 2.00 bits per heavy atom. The summed E-state index contributed by atoms with van der Waals surface area (Å²) in [6.45, 7) is 9.91. The lowest BCUT2D eigenvalue weighted by Crippen LogP contribution is -2.34. The fraction of sp³-hybridized carbons (Fsp3) is 1.00. The molecule has 2 aliphatic rings. The first-order valence-electron chi connectivity index (χ1n) is 5.53. The van der Waals surface area contributed by atoms with Crippen molar-refractivity contribution < 1.29 is 0 Å². The molecule has 0 N–H and O–H groups in total. The van der Waals surface area contributed by atoms with Crippen LogP contribution in [0.4, 0.5) is 0 Å². The summed E-state index contributed by atoms with van der Waals surface area (Å²) in [6.07, 6.45) is 5.88. The summed E-state index contributed by atoms with van der Waals surface area (Å²) in [4.78, 5) is 0. The van der Waals surface area contributed by atoms with Crippen LogP contribution in [-0.2, 0) is 0 Å². The van der Waals surface area contributed by atoms with E-state index in [9.17, 15) is 0 Å². The SMILES string of the molecule is CC[C@@]1(C)CC2CCC1(C)C2C. The van der Waals surface area contributed by atoms with E-state index in [1.807, 2.05) is 0 Å². The van der Waals surface area contributed by atoms with Gasteiger partial charge in [0.2, 0.25) is 0 Å². The van der Waals surface area contributed by atoms with E-state index >= 15 is 0 Å². The molecule has 2 rings (SSSR count). The highest BCUT2D eigenvalue weighted by atomic mass is 14.6. The van der Waals surface area contributed by atoms with E-state index in [2.05, 4.69) is 27.7 Å². The third-order valence-electron chi connectivity index (χ3n) is 5.62. The Labute approximate surface area is 76.7 Å². The van der Waals surface area contributed by atoms with Gasteiger partial charge in [-0.15, -0.1) is 0 Å². The molecule has 0 nitrogen and oxygen atoms in total. The molecule has 2 fully saturated rings. The normalized spacial score (nSPS) is 58.0. The molecule has 4 atom stereocenters. The summed E-state index contributed by atoms with van der Waals surface area (Å²) in [6, 6.07) is 0. The third kappa shape index (κ3) is 0.744. The molecule has 2 bridgehead atoms. The predicted octanol–water partition coefficient (Wildman–Crippen LogP) is 3.86. The number of hydrogen-bond donors (Lipinski definition) is 0. The molecule has 0 aliphatic heterocycles. The second-order valence-corrected chi connectivity index (χ2v) is 5.62. The van der Waals surface area contributed by atoms with Gasteiger partial charge in [0, 0.05) is 0 Å². The second kappa shape index (κ2) is 2.27. The lowest BCUT2D eigenvalue weighted by atomic mass is 9.62. The quantitative estimate of drug-likeness (QED) is 0.555. The monoisotopic (exact) mass is 166 g/mol. The van der Waals surface area contributed by atoms with Crippen LogP contribution >= 0.6 is 0 Å². The van der Waals surface area contributed by atoms with E-state index in [0.717, 1.165) is 11.8 Å². The fourth-order valence-corrected chi connectivity index (χ4v) is 3.97. The molecule has 0 heteroatoms. The van der Waals surface area contributed by atoms with E-state index in [4.69, 9.17) is 0 Å². The number of hydrogen-bond acceptors (Lipinski definition) is 0. The molecule has 12 heavy (non-hydrogen) atoms. The molecule has 3 unspecified atom stereocenters. The van der Waals surface area contributed by atoms with E-state index < -0.39 is 0 Å². The molecule has 2 saturated carbocycles. The first kappa shape index (κ1) is 8.59. The minimum Gasteiger partial charge on any atom is -0.0648 e. The van der Waals surface area contributed by atoms with E-state index in [-0.39, 0.29) is 0 Å². The van der Waals surface area contributed by atoms with Gasteiger partial charge >= 0.3 is 0 Å². The van der Waals surface area contributed by atoms with Crippen LogP contribution in [0.5, 0.6) is 0 Å². The topological polar surface area (TPSA) is 0 Å². The molecule has 0 radical (unpaired) electrons. The minimum atomic E-state index is 0.662. The molecule has 0 aromatic carbocycles. The van der Waals surface area contributed by atoms with Crippen LogP contribution in [0.15, 0.2) is 0 Å². The van der Waals surface area contributed by atoms with Crippen LogP contribution in [0.3, 0.4) is 0 Å². The summed E-state index contributed by atoms with van der Waals surface area (Å²) >= 11 is 0. The molecular weight excluding hydrogens is 144 g/mol. The van der Waals surface area contributed by atoms with E-state index in [1.54, 1.807) is 0 Å². The van der Waals surface area contributed by atoms with Crippen molar-refractivity contribution in [3.05, 3.63) is 0 Å². The summed E-state index contributed by atoms with van der Waals surface area (Å²) in [5.41, 5.74) is 1.34. The average Bonchev–Trinajstić information content (AvgIpc) is 2.42. The Morgan fingerprint density at radius 1 is 1.33 bits per heavy atom. The van der Waals surface area contributed by atoms with Gasteiger partial charge in [0.1, 0.15) is 0 Å². The largest absolute Gasteiger partial charge is 0.0648 e. The molecule has 0 saturated heterocycles. The van der Waals surface area contributed by atoms with Gasteiger partial charge in [0.25, 0.3) is 0 Å². The van der Waals surface area contributed by atoms with Crippen molar-refractivity contribution in [2.75, 3.05) is 0 Å². The molecule has 2 aliphatic carbocycles. The summed E-state index contributed by atoms with van der Waals surface area (Å²) in [7, 11) is 0. The van der Waals surface area contributed by atoms with Crippen molar-refractivity contribution in [2.45, 2.75) is 53.4 Å². The van der Waals surface area contributed by atoms with Crippen molar-refractivity contribution >= 4 is 0 Å². The van der Waals surface area contributed by atoms with Crippen molar-refractivity contribution in [1.82, 2.24) is 0 Å². The van der Waals surface area contributed by atoms with Crippen molar-refractivity contribution in [3.8, 4) is 0 Å². The molecule has 0 aromatic heterocycles. The highest BCUT2D eigenvalue weighted by Crippen LogP contribution is 2.68. The maximum absolute atomic E-state index is 2.54. The standard InChI is InChI=1S/C12H22/c1-5-11(3)8-10-6-7-12(11,4)9(10)2/h9-10H,5-8H2,1-4H3/t9?,10?,11-,12?/m0/s1. The lowest BCUT2D eigenvalue weighted by molar-refractivity contribution is 0.0656. The first-order valence-corrected chi connectivity index (χ1v) is 5.53. The van der Waals surface area contributed by atoms with Crippen LogP contribution in [-0.4, -0.2) is 0 Å². The Balaban J connectivity index is 2.34. The second-order valence-electron chi connectivity index (χ2n) is 5.62. The summed E-state index contributed by atoms with van der Waals surface area (Å²) in [5.74, 6) is 2.04. The van der Waals surface area contributed by atoms with Gasteiger partial charge in [-0.2, -0.15) is 0 Å². The first-order chi connectivity index (χ1) is 5.53. The van der Waals surface area contributed by atoms with Gasteiger partial charge in [0.05, 0.1) is 0 Å². The van der Waals surface area contributed by atoms with Crippen molar-refractivity contribution in [2.24, 2.45) is 22.7 Å². The van der Waals surface area contributed by atoms with Gasteiger partial charge in [0.15, 0.2) is 0 Å². The maximum Gasteiger partial charge on any atom is -0.0244 e. The zero-order valence-corrected chi connectivity index (χ0v) is 8.98. The van der Waals surface area contributed by atoms with Crippen molar-refractivity contribution in [1.29, 1.82) is 0 Å². The molecule has 0 heterocycles. The van der Waals surface area contributed by atoms with E-state index in [0.29, 0.717) is 10.8 Å². The van der Waals surface area contributed by atoms with Crippen LogP contribution in [0.2, 0.25) is 0 Å². The average molecular weight is 166 g/mol. The highest BCUT2D eigenvalue weighted by molar-refractivity contribution is 5.08. The Kier molecular flexibility index (Phi) is 1.63. The van der Waals surface area contributed by atoms with Crippen molar-refractivity contribution in [3.63, 3.8) is 0 Å². The zero-order chi connectivity index (χ0) is 8.98. The molecular formula is C12H22. The van der Waals surface area contributed by atoms with Gasteiger partial charge in [-0.25, -0.2) is 0 Å². The Morgan fingerprint density at radius 3 is 2.25 bits per heavy atom. The molecule has 0 aromatic rings. The number of rotatable bonds is 1. The van der Waals surface area contributed by atoms with Gasteiger partial charge in [-0.3, -0.25) is 0 Å². The van der Waals surface area contributed by atoms with Crippen LogP contribution in [0.25, 0.3) is 0 Å². The molecule has 0 amide bonds. The fourth-order valence-electron chi connectivity index (χ4n) is 3.97. The molecule has 0 spiro atoms.